The van der Waals surface area contributed by atoms with Crippen LogP contribution in [0.2, 0.25) is 5.02 Å². The minimum atomic E-state index is 0.670. The fourth-order valence-electron chi connectivity index (χ4n) is 3.89. The Bertz CT molecular complexity index is 1380. The molecule has 0 radical (unpaired) electrons. The summed E-state index contributed by atoms with van der Waals surface area (Å²) in [5, 5.41) is 9.78. The molecule has 0 saturated carbocycles. The summed E-state index contributed by atoms with van der Waals surface area (Å²) in [4.78, 5) is 7.02. The zero-order valence-electron chi connectivity index (χ0n) is 18.1. The molecule has 8 heteroatoms. The number of furan rings is 1. The first-order chi connectivity index (χ1) is 16.1. The molecule has 0 amide bonds. The van der Waals surface area contributed by atoms with Crippen molar-refractivity contribution in [3.63, 3.8) is 0 Å². The van der Waals surface area contributed by atoms with E-state index >= 15 is 0 Å². The second-order valence-corrected chi connectivity index (χ2v) is 9.26. The summed E-state index contributed by atoms with van der Waals surface area (Å²) >= 11 is 9.97. The van der Waals surface area contributed by atoms with Crippen LogP contribution in [0.25, 0.3) is 27.9 Å². The van der Waals surface area contributed by atoms with Crippen molar-refractivity contribution in [3.05, 3.63) is 82.1 Å². The molecule has 6 nitrogen and oxygen atoms in total. The van der Waals surface area contributed by atoms with E-state index in [2.05, 4.69) is 50.4 Å². The number of hydrogen-bond acceptors (Lipinski definition) is 5. The number of nitrogens with one attached hydrogen (secondary N) is 1. The number of anilines is 1. The monoisotopic (exact) mass is 523 g/mol. The third-order valence-electron chi connectivity index (χ3n) is 5.50. The molecule has 0 unspecified atom stereocenters. The maximum Gasteiger partial charge on any atom is 0.172 e. The van der Waals surface area contributed by atoms with Crippen molar-refractivity contribution >= 4 is 50.0 Å². The zero-order valence-corrected chi connectivity index (χ0v) is 20.5. The van der Waals surface area contributed by atoms with Crippen LogP contribution in [-0.2, 0) is 6.54 Å². The summed E-state index contributed by atoms with van der Waals surface area (Å²) in [5.74, 6) is 1.86. The van der Waals surface area contributed by atoms with Gasteiger partial charge >= 0.3 is 0 Å². The first kappa shape index (κ1) is 21.9. The number of benzene rings is 2. The summed E-state index contributed by atoms with van der Waals surface area (Å²) in [7, 11) is 2.11. The smallest absolute Gasteiger partial charge is 0.172 e. The highest BCUT2D eigenvalue weighted by Gasteiger charge is 2.13. The van der Waals surface area contributed by atoms with Gasteiger partial charge in [-0.1, -0.05) is 48.0 Å². The summed E-state index contributed by atoms with van der Waals surface area (Å²) in [5.41, 5.74) is 3.38. The highest BCUT2D eigenvalue weighted by atomic mass is 79.9. The number of halogens is 2. The third-order valence-corrected chi connectivity index (χ3v) is 6.39. The van der Waals surface area contributed by atoms with E-state index in [1.807, 2.05) is 53.0 Å². The molecule has 0 atom stereocenters. The van der Waals surface area contributed by atoms with Crippen molar-refractivity contribution in [1.82, 2.24) is 19.5 Å². The van der Waals surface area contributed by atoms with Crippen LogP contribution in [0.3, 0.4) is 0 Å². The molecule has 33 heavy (non-hydrogen) atoms. The van der Waals surface area contributed by atoms with Crippen molar-refractivity contribution in [1.29, 1.82) is 0 Å². The van der Waals surface area contributed by atoms with E-state index in [1.54, 1.807) is 6.20 Å². The molecule has 0 fully saturated rings. The second-order valence-electron chi connectivity index (χ2n) is 8.00. The van der Waals surface area contributed by atoms with Crippen LogP contribution >= 0.6 is 27.5 Å². The Kier molecular flexibility index (Phi) is 6.35. The van der Waals surface area contributed by atoms with Crippen molar-refractivity contribution in [2.45, 2.75) is 13.0 Å². The van der Waals surface area contributed by atoms with Gasteiger partial charge in [0.15, 0.2) is 5.65 Å². The van der Waals surface area contributed by atoms with Gasteiger partial charge in [0, 0.05) is 28.6 Å². The van der Waals surface area contributed by atoms with Crippen molar-refractivity contribution in [2.24, 2.45) is 0 Å². The molecular formula is C25H23BrClN5O. The maximum absolute atomic E-state index is 6.42. The largest absolute Gasteiger partial charge is 0.460 e. The van der Waals surface area contributed by atoms with E-state index in [0.717, 1.165) is 70.0 Å². The molecule has 5 rings (SSSR count). The van der Waals surface area contributed by atoms with Gasteiger partial charge in [-0.05, 0) is 54.1 Å². The van der Waals surface area contributed by atoms with Crippen LogP contribution in [0, 0.1) is 0 Å². The van der Waals surface area contributed by atoms with E-state index in [9.17, 15) is 0 Å². The van der Waals surface area contributed by atoms with Gasteiger partial charge in [-0.2, -0.15) is 9.61 Å². The zero-order chi connectivity index (χ0) is 22.8. The Morgan fingerprint density at radius 2 is 1.94 bits per heavy atom. The number of nitrogens with zero attached hydrogens (tertiary/aromatic N) is 4. The van der Waals surface area contributed by atoms with E-state index in [4.69, 9.17) is 21.0 Å². The van der Waals surface area contributed by atoms with Gasteiger partial charge < -0.3 is 9.73 Å². The minimum Gasteiger partial charge on any atom is -0.460 e. The van der Waals surface area contributed by atoms with Crippen molar-refractivity contribution < 1.29 is 4.42 Å². The average molecular weight is 525 g/mol. The predicted octanol–water partition coefficient (Wildman–Crippen LogP) is 6.49. The SMILES string of the molecule is CN(CCCNc1cc(-c2ccccc2Cl)nc2c(Br)cnn12)Cc1cc2ccccc2o1. The van der Waals surface area contributed by atoms with Crippen LogP contribution in [0.5, 0.6) is 0 Å². The molecule has 0 aliphatic rings. The summed E-state index contributed by atoms with van der Waals surface area (Å²) in [6.07, 6.45) is 2.72. The lowest BCUT2D eigenvalue weighted by molar-refractivity contribution is 0.298. The highest BCUT2D eigenvalue weighted by molar-refractivity contribution is 9.10. The fraction of sp³-hybridized carbons (Fsp3) is 0.200. The predicted molar refractivity (Wildman–Crippen MR) is 137 cm³/mol. The van der Waals surface area contributed by atoms with Gasteiger partial charge in [0.05, 0.1) is 22.9 Å². The molecule has 5 aromatic rings. The molecular weight excluding hydrogens is 502 g/mol. The Balaban J connectivity index is 1.25. The van der Waals surface area contributed by atoms with E-state index in [1.165, 1.54) is 0 Å². The molecule has 0 aliphatic carbocycles. The van der Waals surface area contributed by atoms with Gasteiger partial charge in [-0.25, -0.2) is 4.98 Å². The van der Waals surface area contributed by atoms with E-state index < -0.39 is 0 Å². The Morgan fingerprint density at radius 3 is 2.79 bits per heavy atom. The maximum atomic E-state index is 6.42. The molecule has 3 aromatic heterocycles. The molecule has 1 N–H and O–H groups in total. The topological polar surface area (TPSA) is 58.6 Å². The molecule has 3 heterocycles. The fourth-order valence-corrected chi connectivity index (χ4v) is 4.47. The van der Waals surface area contributed by atoms with Crippen molar-refractivity contribution in [3.8, 4) is 11.3 Å². The molecule has 2 aromatic carbocycles. The van der Waals surface area contributed by atoms with Crippen LogP contribution in [0.15, 0.2) is 75.8 Å². The van der Waals surface area contributed by atoms with Crippen LogP contribution < -0.4 is 5.32 Å². The van der Waals surface area contributed by atoms with Gasteiger partial charge in [-0.3, -0.25) is 4.90 Å². The number of para-hydroxylation sites is 1. The number of rotatable bonds is 8. The van der Waals surface area contributed by atoms with Crippen LogP contribution in [-0.4, -0.2) is 39.6 Å². The van der Waals surface area contributed by atoms with Crippen LogP contribution in [0.4, 0.5) is 5.82 Å². The van der Waals surface area contributed by atoms with Crippen molar-refractivity contribution in [2.75, 3.05) is 25.5 Å². The molecule has 0 bridgehead atoms. The summed E-state index contributed by atoms with van der Waals surface area (Å²) in [6.45, 7) is 2.50. The van der Waals surface area contributed by atoms with Gasteiger partial charge in [0.2, 0.25) is 0 Å². The minimum absolute atomic E-state index is 0.670. The molecule has 168 valence electrons. The van der Waals surface area contributed by atoms with Crippen LogP contribution in [0.1, 0.15) is 12.2 Å². The molecule has 0 saturated heterocycles. The second kappa shape index (κ2) is 9.55. The molecule has 0 spiro atoms. The quantitative estimate of drug-likeness (QED) is 0.235. The van der Waals surface area contributed by atoms with E-state index in [0.29, 0.717) is 5.02 Å². The lowest BCUT2D eigenvalue weighted by Crippen LogP contribution is -2.21. The summed E-state index contributed by atoms with van der Waals surface area (Å²) in [6, 6.07) is 19.9. The number of aromatic nitrogens is 3. The normalized spacial score (nSPS) is 11.6. The first-order valence-electron chi connectivity index (χ1n) is 10.8. The number of hydrogen-bond donors (Lipinski definition) is 1. The third kappa shape index (κ3) is 4.76. The Hall–Kier alpha value is -2.87. The lowest BCUT2D eigenvalue weighted by atomic mass is 10.1. The van der Waals surface area contributed by atoms with Gasteiger partial charge in [0.1, 0.15) is 17.2 Å². The Labute approximate surface area is 205 Å². The van der Waals surface area contributed by atoms with E-state index in [-0.39, 0.29) is 0 Å². The standard InChI is InChI=1S/C25H23BrClN5O/c1-31(16-18-13-17-7-2-5-10-23(17)33-18)12-6-11-28-24-14-22(19-8-3-4-9-21(19)27)30-25-20(26)15-29-32(24)25/h2-5,7-10,13-15,28H,6,11-12,16H2,1H3. The first-order valence-corrected chi connectivity index (χ1v) is 11.9. The molecule has 0 aliphatic heterocycles. The summed E-state index contributed by atoms with van der Waals surface area (Å²) < 4.78 is 8.58. The van der Waals surface area contributed by atoms with Gasteiger partial charge in [-0.15, -0.1) is 0 Å². The Morgan fingerprint density at radius 1 is 1.12 bits per heavy atom. The number of fused-ring (bicyclic) bond motifs is 2. The van der Waals surface area contributed by atoms with Gasteiger partial charge in [0.25, 0.3) is 0 Å². The average Bonchev–Trinajstić information content (AvgIpc) is 3.39. The highest BCUT2D eigenvalue weighted by Crippen LogP contribution is 2.30. The lowest BCUT2D eigenvalue weighted by Gasteiger charge is -2.16.